The molecule has 1 saturated heterocycles. The van der Waals surface area contributed by atoms with Crippen molar-refractivity contribution in [1.82, 2.24) is 8.87 Å². The van der Waals surface area contributed by atoms with Gasteiger partial charge in [-0.2, -0.15) is 16.1 Å². The molecule has 0 bridgehead atoms. The van der Waals surface area contributed by atoms with E-state index in [4.69, 9.17) is 0 Å². The van der Waals surface area contributed by atoms with E-state index in [9.17, 15) is 13.5 Å². The van der Waals surface area contributed by atoms with Gasteiger partial charge >= 0.3 is 0 Å². The maximum Gasteiger partial charge on any atom is 0.244 e. The lowest BCUT2D eigenvalue weighted by Gasteiger charge is -2.36. The molecule has 0 aliphatic carbocycles. The van der Waals surface area contributed by atoms with Crippen molar-refractivity contribution < 1.29 is 13.5 Å². The minimum atomic E-state index is -3.48. The molecular formula is C13H22N2O3S2. The molecule has 1 aromatic heterocycles. The van der Waals surface area contributed by atoms with Crippen LogP contribution in [-0.2, 0) is 23.2 Å². The summed E-state index contributed by atoms with van der Waals surface area (Å²) in [7, 11) is -3.48. The number of aryl methyl sites for hydroxylation is 1. The predicted octanol–water partition coefficient (Wildman–Crippen LogP) is 1.51. The molecular weight excluding hydrogens is 296 g/mol. The molecule has 0 amide bonds. The summed E-state index contributed by atoms with van der Waals surface area (Å²) in [6, 6.07) is 1.57. The van der Waals surface area contributed by atoms with Gasteiger partial charge in [0.2, 0.25) is 10.0 Å². The molecule has 1 aliphatic rings. The minimum Gasteiger partial charge on any atom is -0.390 e. The van der Waals surface area contributed by atoms with Gasteiger partial charge in [0.05, 0.1) is 6.61 Å². The van der Waals surface area contributed by atoms with Crippen molar-refractivity contribution in [2.45, 2.75) is 50.1 Å². The first-order valence-corrected chi connectivity index (χ1v) is 9.34. The molecule has 2 heterocycles. The van der Waals surface area contributed by atoms with Crippen molar-refractivity contribution in [3.8, 4) is 0 Å². The highest BCUT2D eigenvalue weighted by molar-refractivity contribution is 8.00. The first-order valence-electron chi connectivity index (χ1n) is 6.85. The fourth-order valence-electron chi connectivity index (χ4n) is 2.47. The average Bonchev–Trinajstić information content (AvgIpc) is 2.85. The third-order valence-electron chi connectivity index (χ3n) is 3.90. The molecule has 0 spiro atoms. The van der Waals surface area contributed by atoms with Crippen LogP contribution in [0.2, 0.25) is 0 Å². The van der Waals surface area contributed by atoms with Crippen LogP contribution < -0.4 is 0 Å². The molecule has 20 heavy (non-hydrogen) atoms. The van der Waals surface area contributed by atoms with Crippen LogP contribution in [0, 0.1) is 0 Å². The second kappa shape index (κ2) is 6.09. The van der Waals surface area contributed by atoms with Gasteiger partial charge in [-0.05, 0) is 19.9 Å². The third-order valence-corrected chi connectivity index (χ3v) is 7.19. The van der Waals surface area contributed by atoms with Gasteiger partial charge < -0.3 is 9.67 Å². The number of aromatic nitrogens is 1. The summed E-state index contributed by atoms with van der Waals surface area (Å²) >= 11 is 1.81. The van der Waals surface area contributed by atoms with E-state index in [-0.39, 0.29) is 17.5 Å². The summed E-state index contributed by atoms with van der Waals surface area (Å²) in [5, 5.41) is 9.60. The van der Waals surface area contributed by atoms with Crippen LogP contribution >= 0.6 is 11.8 Å². The van der Waals surface area contributed by atoms with Crippen molar-refractivity contribution in [3.05, 3.63) is 18.0 Å². The number of hydrogen-bond acceptors (Lipinski definition) is 4. The highest BCUT2D eigenvalue weighted by Crippen LogP contribution is 2.30. The Bertz CT molecular complexity index is 547. The fraction of sp³-hybridized carbons (Fsp3) is 0.692. The normalized spacial score (nSPS) is 25.0. The number of nitrogens with zero attached hydrogens (tertiary/aromatic N) is 2. The van der Waals surface area contributed by atoms with Crippen molar-refractivity contribution >= 4 is 21.8 Å². The standard InChI is InChI=1S/C13H22N2O3S2/c1-4-14-8-13(7-12(14)9-16)20(17,18)15-5-6-19-11(3)10(15)2/h7-8,10-11,16H,4-6,9H2,1-3H3. The van der Waals surface area contributed by atoms with Crippen molar-refractivity contribution in [2.24, 2.45) is 0 Å². The Morgan fingerprint density at radius 3 is 2.70 bits per heavy atom. The summed E-state index contributed by atoms with van der Waals surface area (Å²) < 4.78 is 28.9. The Morgan fingerprint density at radius 2 is 2.15 bits per heavy atom. The van der Waals surface area contributed by atoms with E-state index < -0.39 is 10.0 Å². The number of aliphatic hydroxyl groups excluding tert-OH is 1. The second-order valence-corrected chi connectivity index (χ2v) is 8.42. The highest BCUT2D eigenvalue weighted by Gasteiger charge is 2.35. The van der Waals surface area contributed by atoms with E-state index in [1.807, 2.05) is 25.6 Å². The van der Waals surface area contributed by atoms with Gasteiger partial charge in [0.25, 0.3) is 0 Å². The van der Waals surface area contributed by atoms with Gasteiger partial charge in [-0.3, -0.25) is 0 Å². The molecule has 114 valence electrons. The largest absolute Gasteiger partial charge is 0.390 e. The van der Waals surface area contributed by atoms with Crippen LogP contribution in [0.15, 0.2) is 17.2 Å². The van der Waals surface area contributed by atoms with Crippen LogP contribution in [0.5, 0.6) is 0 Å². The highest BCUT2D eigenvalue weighted by atomic mass is 32.2. The lowest BCUT2D eigenvalue weighted by atomic mass is 10.2. The summed E-state index contributed by atoms with van der Waals surface area (Å²) in [4.78, 5) is 0.286. The fourth-order valence-corrected chi connectivity index (χ4v) is 5.53. The summed E-state index contributed by atoms with van der Waals surface area (Å²) in [5.41, 5.74) is 0.637. The average molecular weight is 318 g/mol. The zero-order valence-corrected chi connectivity index (χ0v) is 13.7. The smallest absolute Gasteiger partial charge is 0.244 e. The topological polar surface area (TPSA) is 62.5 Å². The van der Waals surface area contributed by atoms with E-state index in [2.05, 4.69) is 6.92 Å². The Kier molecular flexibility index (Phi) is 4.84. The molecule has 5 nitrogen and oxygen atoms in total. The van der Waals surface area contributed by atoms with Crippen LogP contribution in [0.3, 0.4) is 0 Å². The van der Waals surface area contributed by atoms with E-state index in [1.54, 1.807) is 21.1 Å². The quantitative estimate of drug-likeness (QED) is 0.914. The minimum absolute atomic E-state index is 0.0127. The number of thioether (sulfide) groups is 1. The zero-order chi connectivity index (χ0) is 14.9. The first-order chi connectivity index (χ1) is 9.41. The Balaban J connectivity index is 2.37. The summed E-state index contributed by atoms with van der Waals surface area (Å²) in [6.07, 6.45) is 1.63. The molecule has 1 fully saturated rings. The lowest BCUT2D eigenvalue weighted by molar-refractivity contribution is 0.271. The number of aliphatic hydroxyl groups is 1. The van der Waals surface area contributed by atoms with Crippen LogP contribution in [-0.4, -0.2) is 46.0 Å². The van der Waals surface area contributed by atoms with Gasteiger partial charge in [0.15, 0.2) is 0 Å². The molecule has 2 unspecified atom stereocenters. The van der Waals surface area contributed by atoms with Gasteiger partial charge in [0, 0.05) is 42.0 Å². The van der Waals surface area contributed by atoms with Crippen LogP contribution in [0.4, 0.5) is 0 Å². The Morgan fingerprint density at radius 1 is 1.45 bits per heavy atom. The van der Waals surface area contributed by atoms with Crippen molar-refractivity contribution in [3.63, 3.8) is 0 Å². The zero-order valence-electron chi connectivity index (χ0n) is 12.1. The van der Waals surface area contributed by atoms with Crippen LogP contribution in [0.25, 0.3) is 0 Å². The van der Waals surface area contributed by atoms with Gasteiger partial charge in [-0.25, -0.2) is 8.42 Å². The molecule has 2 atom stereocenters. The molecule has 1 aromatic rings. The van der Waals surface area contributed by atoms with Crippen molar-refractivity contribution in [1.29, 1.82) is 0 Å². The molecule has 1 N–H and O–H groups in total. The van der Waals surface area contributed by atoms with Gasteiger partial charge in [-0.1, -0.05) is 6.92 Å². The molecule has 0 radical (unpaired) electrons. The molecule has 1 aliphatic heterocycles. The molecule has 0 aromatic carbocycles. The number of sulfonamides is 1. The maximum atomic E-state index is 12.8. The molecule has 2 rings (SSSR count). The number of hydrogen-bond donors (Lipinski definition) is 1. The van der Waals surface area contributed by atoms with E-state index in [0.717, 1.165) is 5.75 Å². The molecule has 7 heteroatoms. The lowest BCUT2D eigenvalue weighted by Crippen LogP contribution is -2.47. The van der Waals surface area contributed by atoms with Gasteiger partial charge in [0.1, 0.15) is 4.90 Å². The summed E-state index contributed by atoms with van der Waals surface area (Å²) in [6.45, 7) is 6.99. The second-order valence-electron chi connectivity index (χ2n) is 5.04. The predicted molar refractivity (Wildman–Crippen MR) is 81.3 cm³/mol. The monoisotopic (exact) mass is 318 g/mol. The van der Waals surface area contributed by atoms with E-state index in [1.165, 1.54) is 0 Å². The van der Waals surface area contributed by atoms with Gasteiger partial charge in [-0.15, -0.1) is 0 Å². The van der Waals surface area contributed by atoms with E-state index >= 15 is 0 Å². The first kappa shape index (κ1) is 15.9. The molecule has 0 saturated carbocycles. The maximum absolute atomic E-state index is 12.8. The number of rotatable bonds is 4. The third kappa shape index (κ3) is 2.77. The SMILES string of the molecule is CCn1cc(S(=O)(=O)N2CCSC(C)C2C)cc1CO. The summed E-state index contributed by atoms with van der Waals surface area (Å²) in [5.74, 6) is 0.825. The Labute approximate surface area is 125 Å². The van der Waals surface area contributed by atoms with Crippen molar-refractivity contribution in [2.75, 3.05) is 12.3 Å². The Hall–Kier alpha value is -0.500. The van der Waals surface area contributed by atoms with Crippen LogP contribution in [0.1, 0.15) is 26.5 Å². The van der Waals surface area contributed by atoms with E-state index in [0.29, 0.717) is 24.0 Å².